The highest BCUT2D eigenvalue weighted by Crippen LogP contribution is 2.24. The first-order valence-electron chi connectivity index (χ1n) is 5.91. The number of hydrogen-bond donors (Lipinski definition) is 3. The van der Waals surface area contributed by atoms with Gasteiger partial charge in [0, 0.05) is 22.8 Å². The second-order valence-corrected chi connectivity index (χ2v) is 5.08. The van der Waals surface area contributed by atoms with Gasteiger partial charge in [-0.1, -0.05) is 12.1 Å². The number of carbonyl (C=O) groups is 2. The van der Waals surface area contributed by atoms with Crippen molar-refractivity contribution in [2.45, 2.75) is 12.5 Å². The van der Waals surface area contributed by atoms with Crippen LogP contribution in [0.2, 0.25) is 0 Å². The summed E-state index contributed by atoms with van der Waals surface area (Å²) < 4.78 is 0. The normalized spacial score (nSPS) is 11.8. The van der Waals surface area contributed by atoms with Crippen LogP contribution in [-0.2, 0) is 9.59 Å². The van der Waals surface area contributed by atoms with E-state index in [0.717, 1.165) is 10.6 Å². The van der Waals surface area contributed by atoms with Crippen LogP contribution < -0.4 is 16.8 Å². The minimum Gasteiger partial charge on any atom is -0.370 e. The van der Waals surface area contributed by atoms with Crippen molar-refractivity contribution in [2.24, 2.45) is 11.5 Å². The smallest absolute Gasteiger partial charge is 0.241 e. The van der Waals surface area contributed by atoms with Gasteiger partial charge in [0.15, 0.2) is 0 Å². The van der Waals surface area contributed by atoms with Crippen molar-refractivity contribution in [3.05, 3.63) is 35.8 Å². The number of nitrogens with two attached hydrogens (primary N) is 2. The van der Waals surface area contributed by atoms with Gasteiger partial charge in [0.25, 0.3) is 0 Å². The Bertz CT molecular complexity index is 613. The molecule has 2 amide bonds. The molecule has 0 fully saturated rings. The molecule has 6 nitrogen and oxygen atoms in total. The topological polar surface area (TPSA) is 111 Å². The fourth-order valence-corrected chi connectivity index (χ4v) is 2.28. The molecule has 1 aromatic heterocycles. The first-order chi connectivity index (χ1) is 9.56. The van der Waals surface area contributed by atoms with Crippen LogP contribution in [0.3, 0.4) is 0 Å². The second kappa shape index (κ2) is 6.27. The number of nitrogens with one attached hydrogen (secondary N) is 1. The highest BCUT2D eigenvalue weighted by atomic mass is 32.1. The summed E-state index contributed by atoms with van der Waals surface area (Å²) in [6.07, 6.45) is 1.53. The lowest BCUT2D eigenvalue weighted by Crippen LogP contribution is -2.38. The molecule has 0 bridgehead atoms. The molecule has 2 rings (SSSR count). The third-order valence-electron chi connectivity index (χ3n) is 2.57. The van der Waals surface area contributed by atoms with Crippen LogP contribution in [0.15, 0.2) is 35.8 Å². The van der Waals surface area contributed by atoms with Crippen LogP contribution in [0.1, 0.15) is 6.42 Å². The van der Waals surface area contributed by atoms with Gasteiger partial charge in [-0.2, -0.15) is 0 Å². The number of rotatable bonds is 5. The minimum absolute atomic E-state index is 0.183. The standard InChI is InChI=1S/C13H14N4O2S/c14-10(7-11(15)18)12(19)17-9-3-1-2-8(6-9)13-16-4-5-20-13/h1-6,10H,7,14H2,(H2,15,18)(H,17,19). The van der Waals surface area contributed by atoms with E-state index in [1.807, 2.05) is 17.5 Å². The molecule has 0 radical (unpaired) electrons. The number of aromatic nitrogens is 1. The first kappa shape index (κ1) is 14.2. The Hall–Kier alpha value is -2.25. The van der Waals surface area contributed by atoms with Crippen molar-refractivity contribution in [1.82, 2.24) is 4.98 Å². The van der Waals surface area contributed by atoms with E-state index < -0.39 is 17.9 Å². The lowest BCUT2D eigenvalue weighted by Gasteiger charge is -2.11. The highest BCUT2D eigenvalue weighted by molar-refractivity contribution is 7.13. The van der Waals surface area contributed by atoms with Crippen LogP contribution >= 0.6 is 11.3 Å². The Kier molecular flexibility index (Phi) is 4.44. The number of hydrogen-bond acceptors (Lipinski definition) is 5. The summed E-state index contributed by atoms with van der Waals surface area (Å²) in [5, 5.41) is 5.40. The third kappa shape index (κ3) is 3.62. The average molecular weight is 290 g/mol. The van der Waals surface area contributed by atoms with Gasteiger partial charge in [0.05, 0.1) is 12.5 Å². The number of amides is 2. The minimum atomic E-state index is -0.948. The molecule has 0 saturated heterocycles. The molecule has 1 aromatic carbocycles. The maximum absolute atomic E-state index is 11.8. The summed E-state index contributed by atoms with van der Waals surface area (Å²) in [6.45, 7) is 0. The maximum atomic E-state index is 11.8. The molecular formula is C13H14N4O2S. The van der Waals surface area contributed by atoms with E-state index in [1.165, 1.54) is 11.3 Å². The number of thiazole rings is 1. The summed E-state index contributed by atoms with van der Waals surface area (Å²) >= 11 is 1.51. The summed E-state index contributed by atoms with van der Waals surface area (Å²) in [5.74, 6) is -1.05. The van der Waals surface area contributed by atoms with Crippen LogP contribution in [0.25, 0.3) is 10.6 Å². The van der Waals surface area contributed by atoms with Crippen molar-refractivity contribution >= 4 is 28.8 Å². The molecule has 20 heavy (non-hydrogen) atoms. The third-order valence-corrected chi connectivity index (χ3v) is 3.39. The molecule has 0 aliphatic heterocycles. The molecule has 5 N–H and O–H groups in total. The summed E-state index contributed by atoms with van der Waals surface area (Å²) in [7, 11) is 0. The van der Waals surface area contributed by atoms with E-state index in [9.17, 15) is 9.59 Å². The number of primary amides is 1. The Labute approximate surface area is 119 Å². The average Bonchev–Trinajstić information content (AvgIpc) is 2.92. The molecule has 7 heteroatoms. The molecule has 0 aliphatic rings. The van der Waals surface area contributed by atoms with Gasteiger partial charge in [0.2, 0.25) is 11.8 Å². The quantitative estimate of drug-likeness (QED) is 0.761. The van der Waals surface area contributed by atoms with Gasteiger partial charge in [0.1, 0.15) is 5.01 Å². The predicted molar refractivity (Wildman–Crippen MR) is 78.0 cm³/mol. The zero-order chi connectivity index (χ0) is 14.5. The largest absolute Gasteiger partial charge is 0.370 e. The predicted octanol–water partition coefficient (Wildman–Crippen LogP) is 0.951. The molecule has 104 valence electrons. The second-order valence-electron chi connectivity index (χ2n) is 4.18. The first-order valence-corrected chi connectivity index (χ1v) is 6.79. The van der Waals surface area contributed by atoms with Gasteiger partial charge in [-0.3, -0.25) is 9.59 Å². The van der Waals surface area contributed by atoms with Crippen molar-refractivity contribution < 1.29 is 9.59 Å². The molecule has 2 aromatic rings. The summed E-state index contributed by atoms with van der Waals surface area (Å²) in [5.41, 5.74) is 12.1. The molecule has 0 spiro atoms. The molecule has 0 saturated carbocycles. The number of nitrogens with zero attached hydrogens (tertiary/aromatic N) is 1. The van der Waals surface area contributed by atoms with Crippen LogP contribution in [0.5, 0.6) is 0 Å². The van der Waals surface area contributed by atoms with Gasteiger partial charge in [-0.15, -0.1) is 11.3 Å². The Morgan fingerprint density at radius 3 is 2.85 bits per heavy atom. The van der Waals surface area contributed by atoms with Gasteiger partial charge >= 0.3 is 0 Å². The molecule has 1 unspecified atom stereocenters. The Morgan fingerprint density at radius 2 is 2.20 bits per heavy atom. The molecular weight excluding hydrogens is 276 g/mol. The van der Waals surface area contributed by atoms with E-state index in [0.29, 0.717) is 5.69 Å². The van der Waals surface area contributed by atoms with Crippen molar-refractivity contribution in [3.8, 4) is 10.6 Å². The molecule has 1 heterocycles. The van der Waals surface area contributed by atoms with Gasteiger partial charge in [-0.05, 0) is 12.1 Å². The van der Waals surface area contributed by atoms with E-state index >= 15 is 0 Å². The zero-order valence-corrected chi connectivity index (χ0v) is 11.4. The summed E-state index contributed by atoms with van der Waals surface area (Å²) in [6, 6.07) is 6.31. The number of carbonyl (C=O) groups excluding carboxylic acids is 2. The van der Waals surface area contributed by atoms with E-state index in [4.69, 9.17) is 11.5 Å². The van der Waals surface area contributed by atoms with E-state index in [-0.39, 0.29) is 6.42 Å². The lowest BCUT2D eigenvalue weighted by molar-refractivity contribution is -0.123. The van der Waals surface area contributed by atoms with Gasteiger partial charge < -0.3 is 16.8 Å². The maximum Gasteiger partial charge on any atom is 0.241 e. The van der Waals surface area contributed by atoms with Crippen molar-refractivity contribution in [2.75, 3.05) is 5.32 Å². The summed E-state index contributed by atoms with van der Waals surface area (Å²) in [4.78, 5) is 26.7. The monoisotopic (exact) mass is 290 g/mol. The number of benzene rings is 1. The zero-order valence-electron chi connectivity index (χ0n) is 10.6. The van der Waals surface area contributed by atoms with Gasteiger partial charge in [-0.25, -0.2) is 4.98 Å². The van der Waals surface area contributed by atoms with Crippen LogP contribution in [-0.4, -0.2) is 22.8 Å². The lowest BCUT2D eigenvalue weighted by atomic mass is 10.1. The van der Waals surface area contributed by atoms with E-state index in [1.54, 1.807) is 18.3 Å². The van der Waals surface area contributed by atoms with Crippen molar-refractivity contribution in [1.29, 1.82) is 0 Å². The van der Waals surface area contributed by atoms with E-state index in [2.05, 4.69) is 10.3 Å². The van der Waals surface area contributed by atoms with Crippen molar-refractivity contribution in [3.63, 3.8) is 0 Å². The Morgan fingerprint density at radius 1 is 1.40 bits per heavy atom. The fourth-order valence-electron chi connectivity index (χ4n) is 1.64. The SMILES string of the molecule is NC(=O)CC(N)C(=O)Nc1cccc(-c2nccs2)c1. The Balaban J connectivity index is 2.08. The molecule has 0 aliphatic carbocycles. The molecule has 1 atom stereocenters. The van der Waals surface area contributed by atoms with Crippen LogP contribution in [0.4, 0.5) is 5.69 Å². The highest BCUT2D eigenvalue weighted by Gasteiger charge is 2.16. The van der Waals surface area contributed by atoms with Crippen LogP contribution in [0, 0.1) is 0 Å². The fraction of sp³-hybridized carbons (Fsp3) is 0.154. The number of anilines is 1.